The van der Waals surface area contributed by atoms with Crippen LogP contribution >= 0.6 is 0 Å². The number of carbonyl (C=O) groups is 1. The maximum atomic E-state index is 12.5. The van der Waals surface area contributed by atoms with Crippen molar-refractivity contribution in [3.05, 3.63) is 63.3 Å². The van der Waals surface area contributed by atoms with Crippen LogP contribution in [0.25, 0.3) is 0 Å². The SMILES string of the molecule is C[C@@H](CC(=O)c1cc(=O)[nH]c(C2CC2)n1)c1ccc(CC(F)(F)F)cc1. The van der Waals surface area contributed by atoms with E-state index in [-0.39, 0.29) is 40.9 Å². The molecule has 1 heterocycles. The van der Waals surface area contributed by atoms with Crippen LogP contribution in [0, 0.1) is 0 Å². The van der Waals surface area contributed by atoms with Gasteiger partial charge in [-0.25, -0.2) is 4.98 Å². The second-order valence-corrected chi connectivity index (χ2v) is 6.85. The Morgan fingerprint density at radius 1 is 1.27 bits per heavy atom. The highest BCUT2D eigenvalue weighted by Gasteiger charge is 2.28. The molecule has 1 aromatic heterocycles. The van der Waals surface area contributed by atoms with Gasteiger partial charge in [0.1, 0.15) is 11.5 Å². The van der Waals surface area contributed by atoms with E-state index < -0.39 is 12.6 Å². The Balaban J connectivity index is 1.68. The summed E-state index contributed by atoms with van der Waals surface area (Å²) < 4.78 is 37.2. The molecule has 1 aromatic carbocycles. The lowest BCUT2D eigenvalue weighted by Crippen LogP contribution is -2.16. The lowest BCUT2D eigenvalue weighted by Gasteiger charge is -2.13. The quantitative estimate of drug-likeness (QED) is 0.784. The minimum atomic E-state index is -4.24. The molecule has 0 saturated heterocycles. The number of alkyl halides is 3. The maximum Gasteiger partial charge on any atom is 0.393 e. The summed E-state index contributed by atoms with van der Waals surface area (Å²) in [6.07, 6.45) is -3.16. The lowest BCUT2D eigenvalue weighted by molar-refractivity contribution is -0.127. The van der Waals surface area contributed by atoms with Crippen molar-refractivity contribution in [1.82, 2.24) is 9.97 Å². The number of hydrogen-bond acceptors (Lipinski definition) is 3. The molecule has 1 fully saturated rings. The summed E-state index contributed by atoms with van der Waals surface area (Å²) >= 11 is 0. The average molecular weight is 364 g/mol. The Labute approximate surface area is 148 Å². The average Bonchev–Trinajstić information content (AvgIpc) is 3.38. The lowest BCUT2D eigenvalue weighted by atomic mass is 9.93. The van der Waals surface area contributed by atoms with Crippen molar-refractivity contribution in [2.24, 2.45) is 0 Å². The van der Waals surface area contributed by atoms with E-state index in [0.717, 1.165) is 18.4 Å². The highest BCUT2D eigenvalue weighted by atomic mass is 19.4. The van der Waals surface area contributed by atoms with E-state index in [0.29, 0.717) is 5.82 Å². The van der Waals surface area contributed by atoms with Gasteiger partial charge in [-0.15, -0.1) is 0 Å². The molecule has 1 aliphatic rings. The van der Waals surface area contributed by atoms with Crippen LogP contribution in [0.15, 0.2) is 35.1 Å². The van der Waals surface area contributed by atoms with Gasteiger partial charge < -0.3 is 4.98 Å². The second-order valence-electron chi connectivity index (χ2n) is 6.85. The number of rotatable bonds is 6. The van der Waals surface area contributed by atoms with E-state index in [1.807, 2.05) is 6.92 Å². The number of halogens is 3. The molecular formula is C19H19F3N2O2. The van der Waals surface area contributed by atoms with Crippen molar-refractivity contribution in [3.63, 3.8) is 0 Å². The summed E-state index contributed by atoms with van der Waals surface area (Å²) in [5.74, 6) is 0.358. The fourth-order valence-electron chi connectivity index (χ4n) is 2.87. The molecule has 26 heavy (non-hydrogen) atoms. The van der Waals surface area contributed by atoms with Gasteiger partial charge >= 0.3 is 6.18 Å². The Morgan fingerprint density at radius 3 is 2.50 bits per heavy atom. The number of nitrogens with zero attached hydrogens (tertiary/aromatic N) is 1. The zero-order chi connectivity index (χ0) is 18.9. The summed E-state index contributed by atoms with van der Waals surface area (Å²) in [7, 11) is 0. The Kier molecular flexibility index (Phi) is 4.98. The highest BCUT2D eigenvalue weighted by Crippen LogP contribution is 2.37. The predicted molar refractivity (Wildman–Crippen MR) is 90.4 cm³/mol. The molecule has 3 rings (SSSR count). The van der Waals surface area contributed by atoms with Gasteiger partial charge in [-0.3, -0.25) is 9.59 Å². The summed E-state index contributed by atoms with van der Waals surface area (Å²) in [6, 6.07) is 7.29. The smallest absolute Gasteiger partial charge is 0.310 e. The van der Waals surface area contributed by atoms with Crippen LogP contribution in [0.5, 0.6) is 0 Å². The topological polar surface area (TPSA) is 62.8 Å². The van der Waals surface area contributed by atoms with Crippen LogP contribution in [0.2, 0.25) is 0 Å². The van der Waals surface area contributed by atoms with Gasteiger partial charge in [0.15, 0.2) is 5.78 Å². The van der Waals surface area contributed by atoms with Crippen molar-refractivity contribution in [3.8, 4) is 0 Å². The summed E-state index contributed by atoms with van der Waals surface area (Å²) in [4.78, 5) is 31.1. The highest BCUT2D eigenvalue weighted by molar-refractivity contribution is 5.94. The van der Waals surface area contributed by atoms with Gasteiger partial charge in [-0.05, 0) is 29.9 Å². The monoisotopic (exact) mass is 364 g/mol. The minimum absolute atomic E-state index is 0.138. The van der Waals surface area contributed by atoms with Crippen LogP contribution in [0.1, 0.15) is 65.5 Å². The second kappa shape index (κ2) is 7.05. The van der Waals surface area contributed by atoms with Gasteiger partial charge in [-0.2, -0.15) is 13.2 Å². The molecule has 2 aromatic rings. The van der Waals surface area contributed by atoms with Gasteiger partial charge in [0.05, 0.1) is 6.42 Å². The first-order chi connectivity index (χ1) is 12.2. The molecule has 0 bridgehead atoms. The Hall–Kier alpha value is -2.44. The Bertz CT molecular complexity index is 852. The molecule has 1 atom stereocenters. The first kappa shape index (κ1) is 18.4. The third-order valence-corrected chi connectivity index (χ3v) is 4.45. The van der Waals surface area contributed by atoms with Gasteiger partial charge in [0, 0.05) is 18.4 Å². The number of aromatic amines is 1. The molecule has 0 radical (unpaired) electrons. The molecule has 1 saturated carbocycles. The zero-order valence-electron chi connectivity index (χ0n) is 14.3. The molecule has 4 nitrogen and oxygen atoms in total. The Morgan fingerprint density at radius 2 is 1.92 bits per heavy atom. The number of H-pyrrole nitrogens is 1. The number of aromatic nitrogens is 2. The van der Waals surface area contributed by atoms with Gasteiger partial charge in [-0.1, -0.05) is 31.2 Å². The largest absolute Gasteiger partial charge is 0.393 e. The number of Topliss-reactive ketones (excluding diaryl/α,β-unsaturated/α-hetero) is 1. The summed E-state index contributed by atoms with van der Waals surface area (Å²) in [5, 5.41) is 0. The molecule has 1 aliphatic carbocycles. The molecule has 7 heteroatoms. The molecule has 0 unspecified atom stereocenters. The number of nitrogens with one attached hydrogen (secondary N) is 1. The summed E-state index contributed by atoms with van der Waals surface area (Å²) in [6.45, 7) is 1.83. The minimum Gasteiger partial charge on any atom is -0.310 e. The van der Waals surface area contributed by atoms with Gasteiger partial charge in [0.2, 0.25) is 0 Å². The molecule has 0 amide bonds. The normalized spacial score (nSPS) is 15.7. The van der Waals surface area contributed by atoms with Crippen molar-refractivity contribution in [2.75, 3.05) is 0 Å². The number of carbonyl (C=O) groups excluding carboxylic acids is 1. The first-order valence-corrected chi connectivity index (χ1v) is 8.51. The molecule has 0 aliphatic heterocycles. The van der Waals surface area contributed by atoms with E-state index in [9.17, 15) is 22.8 Å². The number of hydrogen-bond donors (Lipinski definition) is 1. The third kappa shape index (κ3) is 4.80. The van der Waals surface area contributed by atoms with Crippen LogP contribution in [0.3, 0.4) is 0 Å². The van der Waals surface area contributed by atoms with Crippen LogP contribution < -0.4 is 5.56 Å². The van der Waals surface area contributed by atoms with Crippen molar-refractivity contribution < 1.29 is 18.0 Å². The standard InChI is InChI=1S/C19H19F3N2O2/c1-11(13-4-2-12(3-5-13)10-19(20,21)22)8-16(25)15-9-17(26)24-18(23-15)14-6-7-14/h2-5,9,11,14H,6-8,10H2,1H3,(H,23,24,26)/t11-/m0/s1. The first-order valence-electron chi connectivity index (χ1n) is 8.51. The fourth-order valence-corrected chi connectivity index (χ4v) is 2.87. The third-order valence-electron chi connectivity index (χ3n) is 4.45. The molecular weight excluding hydrogens is 345 g/mol. The van der Waals surface area contributed by atoms with Crippen LogP contribution in [-0.2, 0) is 6.42 Å². The number of ketones is 1. The molecule has 138 valence electrons. The number of benzene rings is 1. The molecule has 0 spiro atoms. The van der Waals surface area contributed by atoms with E-state index in [4.69, 9.17) is 0 Å². The van der Waals surface area contributed by atoms with Crippen LogP contribution in [0.4, 0.5) is 13.2 Å². The van der Waals surface area contributed by atoms with E-state index in [1.54, 1.807) is 12.1 Å². The predicted octanol–water partition coefficient (Wildman–Crippen LogP) is 4.13. The van der Waals surface area contributed by atoms with E-state index >= 15 is 0 Å². The maximum absolute atomic E-state index is 12.5. The fraction of sp³-hybridized carbons (Fsp3) is 0.421. The van der Waals surface area contributed by atoms with Gasteiger partial charge in [0.25, 0.3) is 5.56 Å². The zero-order valence-corrected chi connectivity index (χ0v) is 14.3. The van der Waals surface area contributed by atoms with Crippen molar-refractivity contribution in [2.45, 2.75) is 50.6 Å². The van der Waals surface area contributed by atoms with Crippen molar-refractivity contribution in [1.29, 1.82) is 0 Å². The molecule has 1 N–H and O–H groups in total. The van der Waals surface area contributed by atoms with E-state index in [2.05, 4.69) is 9.97 Å². The van der Waals surface area contributed by atoms with E-state index in [1.165, 1.54) is 18.2 Å². The van der Waals surface area contributed by atoms with Crippen LogP contribution in [-0.4, -0.2) is 21.9 Å². The summed E-state index contributed by atoms with van der Waals surface area (Å²) in [5.41, 5.74) is 0.771. The van der Waals surface area contributed by atoms with Crippen molar-refractivity contribution >= 4 is 5.78 Å².